The zero-order chi connectivity index (χ0) is 31.6. The van der Waals surface area contributed by atoms with Crippen molar-refractivity contribution in [1.82, 2.24) is 4.90 Å². The maximum Gasteiger partial charge on any atom is 0.310 e. The number of fused-ring (bicyclic) bond motifs is 3. The van der Waals surface area contributed by atoms with E-state index in [1.165, 1.54) is 17.1 Å². The Bertz CT molecular complexity index is 1750. The average molecular weight is 624 g/mol. The van der Waals surface area contributed by atoms with Gasteiger partial charge in [-0.1, -0.05) is 30.8 Å². The molecule has 0 unspecified atom stereocenters. The predicted molar refractivity (Wildman–Crippen MR) is 174 cm³/mol. The van der Waals surface area contributed by atoms with Crippen LogP contribution in [0.3, 0.4) is 0 Å². The van der Waals surface area contributed by atoms with Gasteiger partial charge in [0.05, 0.1) is 19.5 Å². The van der Waals surface area contributed by atoms with Crippen molar-refractivity contribution in [2.45, 2.75) is 37.0 Å². The van der Waals surface area contributed by atoms with Gasteiger partial charge >= 0.3 is 5.97 Å². The van der Waals surface area contributed by atoms with Crippen molar-refractivity contribution in [2.24, 2.45) is 0 Å². The van der Waals surface area contributed by atoms with Gasteiger partial charge in [0.1, 0.15) is 11.5 Å². The molecule has 0 N–H and O–H groups in total. The van der Waals surface area contributed by atoms with E-state index in [0.29, 0.717) is 43.9 Å². The molecular weight excluding hydrogens is 590 g/mol. The van der Waals surface area contributed by atoms with E-state index < -0.39 is 0 Å². The Morgan fingerprint density at radius 3 is 2.11 bits per heavy atom. The molecule has 45 heavy (non-hydrogen) atoms. The summed E-state index contributed by atoms with van der Waals surface area (Å²) >= 11 is 1.15. The number of imide groups is 1. The van der Waals surface area contributed by atoms with Crippen molar-refractivity contribution in [1.29, 1.82) is 0 Å². The minimum atomic E-state index is -0.295. The summed E-state index contributed by atoms with van der Waals surface area (Å²) in [6.07, 6.45) is 7.06. The lowest BCUT2D eigenvalue weighted by atomic mass is 10.0. The van der Waals surface area contributed by atoms with Crippen LogP contribution in [0.5, 0.6) is 11.5 Å². The molecule has 0 spiro atoms. The van der Waals surface area contributed by atoms with Crippen molar-refractivity contribution in [3.05, 3.63) is 103 Å². The van der Waals surface area contributed by atoms with Crippen LogP contribution in [0.4, 0.5) is 0 Å². The van der Waals surface area contributed by atoms with Gasteiger partial charge in [-0.05, 0) is 108 Å². The van der Waals surface area contributed by atoms with E-state index in [4.69, 9.17) is 14.2 Å². The Hall–Kier alpha value is -4.89. The van der Waals surface area contributed by atoms with Crippen LogP contribution >= 0.6 is 11.8 Å². The second-order valence-corrected chi connectivity index (χ2v) is 11.5. The van der Waals surface area contributed by atoms with Crippen molar-refractivity contribution in [3.8, 4) is 11.5 Å². The summed E-state index contributed by atoms with van der Waals surface area (Å²) in [5, 5.41) is 4.12. The van der Waals surface area contributed by atoms with E-state index >= 15 is 0 Å². The first kappa shape index (κ1) is 31.5. The van der Waals surface area contributed by atoms with Gasteiger partial charge < -0.3 is 14.2 Å². The second-order valence-electron chi connectivity index (χ2n) is 10.4. The fraction of sp³-hybridized carbons (Fsp3) is 0.222. The number of ether oxygens (including phenoxy) is 3. The molecular formula is C36H33NO7S. The first-order valence-electron chi connectivity index (χ1n) is 14.8. The number of hydrogen-bond acceptors (Lipinski definition) is 8. The van der Waals surface area contributed by atoms with Crippen LogP contribution in [-0.4, -0.2) is 47.6 Å². The van der Waals surface area contributed by atoms with Crippen LogP contribution in [0, 0.1) is 0 Å². The second kappa shape index (κ2) is 15.2. The number of carbonyl (C=O) groups is 4. The molecule has 0 atom stereocenters. The van der Waals surface area contributed by atoms with Crippen molar-refractivity contribution < 1.29 is 33.4 Å². The normalized spacial score (nSPS) is 12.6. The molecule has 0 aliphatic carbocycles. The summed E-state index contributed by atoms with van der Waals surface area (Å²) in [5.74, 6) is 0.591. The smallest absolute Gasteiger partial charge is 0.310 e. The van der Waals surface area contributed by atoms with E-state index in [1.807, 2.05) is 60.7 Å². The Morgan fingerprint density at radius 2 is 1.38 bits per heavy atom. The highest BCUT2D eigenvalue weighted by atomic mass is 32.2. The molecule has 0 aromatic heterocycles. The highest BCUT2D eigenvalue weighted by Gasteiger charge is 2.22. The van der Waals surface area contributed by atoms with Gasteiger partial charge in [-0.3, -0.25) is 24.1 Å². The molecule has 1 aliphatic rings. The molecule has 1 aliphatic heterocycles. The van der Waals surface area contributed by atoms with Gasteiger partial charge in [0.15, 0.2) is 0 Å². The Kier molecular flexibility index (Phi) is 10.7. The summed E-state index contributed by atoms with van der Waals surface area (Å²) < 4.78 is 16.4. The molecule has 2 amide bonds. The third-order valence-corrected chi connectivity index (χ3v) is 8.21. The Morgan fingerprint density at radius 1 is 0.733 bits per heavy atom. The van der Waals surface area contributed by atoms with Crippen LogP contribution in [0.1, 0.15) is 42.5 Å². The highest BCUT2D eigenvalue weighted by Crippen LogP contribution is 2.31. The zero-order valence-corrected chi connectivity index (χ0v) is 25.6. The third kappa shape index (κ3) is 8.39. The van der Waals surface area contributed by atoms with Crippen LogP contribution in [0.15, 0.2) is 103 Å². The van der Waals surface area contributed by atoms with Gasteiger partial charge in [-0.15, -0.1) is 0 Å². The lowest BCUT2D eigenvalue weighted by Crippen LogP contribution is -2.31. The zero-order valence-electron chi connectivity index (χ0n) is 24.7. The fourth-order valence-electron chi connectivity index (χ4n) is 4.99. The lowest BCUT2D eigenvalue weighted by molar-refractivity contribution is -0.138. The lowest BCUT2D eigenvalue weighted by Gasteiger charge is -2.13. The molecule has 0 bridgehead atoms. The number of unbranched alkanes of at least 4 members (excludes halogenated alkanes) is 2. The van der Waals surface area contributed by atoms with E-state index in [2.05, 4.69) is 6.58 Å². The Balaban J connectivity index is 1.11. The summed E-state index contributed by atoms with van der Waals surface area (Å²) in [6, 6.07) is 23.1. The maximum absolute atomic E-state index is 13.1. The largest absolute Gasteiger partial charge is 0.494 e. The molecule has 0 fully saturated rings. The van der Waals surface area contributed by atoms with E-state index in [0.717, 1.165) is 69.5 Å². The number of thioether (sulfide) groups is 1. The van der Waals surface area contributed by atoms with Crippen molar-refractivity contribution in [2.75, 3.05) is 19.8 Å². The molecule has 8 nitrogen and oxygen atoms in total. The summed E-state index contributed by atoms with van der Waals surface area (Å²) in [5.41, 5.74) is 0.616. The first-order chi connectivity index (χ1) is 21.9. The third-order valence-electron chi connectivity index (χ3n) is 7.28. The first-order valence-corrected chi connectivity index (χ1v) is 15.6. The maximum atomic E-state index is 13.1. The fourth-order valence-corrected chi connectivity index (χ4v) is 5.72. The summed E-state index contributed by atoms with van der Waals surface area (Å²) in [4.78, 5) is 49.7. The quantitative estimate of drug-likeness (QED) is 0.0341. The SMILES string of the molecule is C=COC(=O)CCCCCOc1ccc2c(ccc3cc(C(=O)Sc4ccc(OCCCN5C(=O)C=CC5=O)cc4)ccc32)c1. The molecule has 0 radical (unpaired) electrons. The van der Waals surface area contributed by atoms with Crippen LogP contribution < -0.4 is 9.47 Å². The minimum absolute atomic E-state index is 0.0550. The highest BCUT2D eigenvalue weighted by molar-refractivity contribution is 8.14. The van der Waals surface area contributed by atoms with E-state index in [-0.39, 0.29) is 22.9 Å². The summed E-state index contributed by atoms with van der Waals surface area (Å²) in [7, 11) is 0. The molecule has 230 valence electrons. The van der Waals surface area contributed by atoms with Crippen molar-refractivity contribution >= 4 is 56.2 Å². The van der Waals surface area contributed by atoms with Gasteiger partial charge in [0, 0.05) is 35.6 Å². The summed E-state index contributed by atoms with van der Waals surface area (Å²) in [6.45, 7) is 4.62. The molecule has 0 saturated heterocycles. The topological polar surface area (TPSA) is 99.2 Å². The molecule has 5 rings (SSSR count). The average Bonchev–Trinajstić information content (AvgIpc) is 3.37. The van der Waals surface area contributed by atoms with Crippen LogP contribution in [0.25, 0.3) is 21.5 Å². The monoisotopic (exact) mass is 623 g/mol. The molecule has 4 aromatic rings. The number of benzene rings is 4. The van der Waals surface area contributed by atoms with E-state index in [1.54, 1.807) is 12.1 Å². The van der Waals surface area contributed by atoms with Crippen molar-refractivity contribution in [3.63, 3.8) is 0 Å². The van der Waals surface area contributed by atoms with Gasteiger partial charge in [-0.2, -0.15) is 0 Å². The van der Waals surface area contributed by atoms with Crippen LogP contribution in [0.2, 0.25) is 0 Å². The molecule has 0 saturated carbocycles. The number of rotatable bonds is 15. The van der Waals surface area contributed by atoms with Gasteiger partial charge in [0.25, 0.3) is 11.8 Å². The van der Waals surface area contributed by atoms with Gasteiger partial charge in [0.2, 0.25) is 5.12 Å². The Labute approximate surface area is 265 Å². The molecule has 4 aromatic carbocycles. The minimum Gasteiger partial charge on any atom is -0.494 e. The predicted octanol–water partition coefficient (Wildman–Crippen LogP) is 7.25. The van der Waals surface area contributed by atoms with Crippen LogP contribution in [-0.2, 0) is 19.1 Å². The number of carbonyl (C=O) groups excluding carboxylic acids is 4. The number of hydrogen-bond donors (Lipinski definition) is 0. The number of amides is 2. The number of nitrogens with zero attached hydrogens (tertiary/aromatic N) is 1. The standard InChI is InChI=1S/C36H33NO7S/c1-2-42-35(40)7-4-3-5-21-44-29-13-17-32-26(24-29)9-8-25-23-27(10-16-31(25)32)36(41)45-30-14-11-28(12-15-30)43-22-6-20-37-33(38)18-19-34(37)39/h2,8-19,23-24H,1,3-7,20-22H2. The molecule has 9 heteroatoms. The number of esters is 1. The van der Waals surface area contributed by atoms with E-state index in [9.17, 15) is 19.2 Å². The molecule has 1 heterocycles. The van der Waals surface area contributed by atoms with Gasteiger partial charge in [-0.25, -0.2) is 0 Å².